The molecular weight excluding hydrogens is 486 g/mol. The predicted molar refractivity (Wildman–Crippen MR) is 156 cm³/mol. The van der Waals surface area contributed by atoms with E-state index >= 15 is 0 Å². The Kier molecular flexibility index (Phi) is 4.62. The molecular formula is C32H19N5S. The van der Waals surface area contributed by atoms with Gasteiger partial charge in [0, 0.05) is 26.6 Å². The molecule has 0 fully saturated rings. The van der Waals surface area contributed by atoms with Crippen molar-refractivity contribution in [1.29, 1.82) is 0 Å². The average molecular weight is 506 g/mol. The molecule has 0 aliphatic heterocycles. The van der Waals surface area contributed by atoms with Crippen molar-refractivity contribution in [2.75, 3.05) is 0 Å². The van der Waals surface area contributed by atoms with Gasteiger partial charge in [0.25, 0.3) is 0 Å². The minimum atomic E-state index is 0.575. The molecule has 0 spiro atoms. The summed E-state index contributed by atoms with van der Waals surface area (Å²) < 4.78 is 3.24. The smallest absolute Gasteiger partial charge is 0.237 e. The first-order valence-electron chi connectivity index (χ1n) is 12.4. The minimum Gasteiger partial charge on any atom is -0.260 e. The zero-order valence-electron chi connectivity index (χ0n) is 20.1. The van der Waals surface area contributed by atoms with Crippen molar-refractivity contribution in [1.82, 2.24) is 24.5 Å². The van der Waals surface area contributed by atoms with Crippen molar-refractivity contribution >= 4 is 53.8 Å². The Bertz CT molecular complexity index is 2070. The molecule has 178 valence electrons. The van der Waals surface area contributed by atoms with Crippen molar-refractivity contribution in [3.8, 4) is 28.5 Å². The molecule has 0 bridgehead atoms. The number of benzene rings is 4. The van der Waals surface area contributed by atoms with Crippen molar-refractivity contribution in [2.24, 2.45) is 0 Å². The Hall–Kier alpha value is -4.94. The molecule has 4 aromatic heterocycles. The second kappa shape index (κ2) is 8.30. The number of hydrogen-bond donors (Lipinski definition) is 0. The van der Waals surface area contributed by atoms with Crippen LogP contribution in [0.15, 0.2) is 115 Å². The Morgan fingerprint density at radius 3 is 1.84 bits per heavy atom. The summed E-state index contributed by atoms with van der Waals surface area (Å²) in [4.78, 5) is 21.4. The van der Waals surface area contributed by atoms with Gasteiger partial charge in [-0.15, -0.1) is 11.3 Å². The molecule has 0 radical (unpaired) electrons. The molecule has 0 amide bonds. The van der Waals surface area contributed by atoms with Gasteiger partial charge in [0.2, 0.25) is 5.95 Å². The van der Waals surface area contributed by atoms with E-state index in [1.807, 2.05) is 48.5 Å². The molecule has 6 heteroatoms. The molecule has 4 aromatic carbocycles. The molecule has 0 atom stereocenters. The molecule has 0 N–H and O–H groups in total. The lowest BCUT2D eigenvalue weighted by Gasteiger charge is -2.11. The summed E-state index contributed by atoms with van der Waals surface area (Å²) in [5.74, 6) is 0.575. The SMILES string of the molecule is c1ccc(-c2cc(-c3ccccc3)nc(-n3c4ccccc4c4nc5c(nc43)sc3ccccc35)n2)cc1. The minimum absolute atomic E-state index is 0.575. The lowest BCUT2D eigenvalue weighted by Crippen LogP contribution is -2.04. The van der Waals surface area contributed by atoms with Crippen LogP contribution in [0.5, 0.6) is 0 Å². The first kappa shape index (κ1) is 21.2. The van der Waals surface area contributed by atoms with Crippen LogP contribution in [0, 0.1) is 0 Å². The lowest BCUT2D eigenvalue weighted by molar-refractivity contribution is 0.984. The van der Waals surface area contributed by atoms with Crippen LogP contribution >= 0.6 is 11.3 Å². The fraction of sp³-hybridized carbons (Fsp3) is 0. The Morgan fingerprint density at radius 1 is 0.526 bits per heavy atom. The zero-order valence-corrected chi connectivity index (χ0v) is 20.9. The van der Waals surface area contributed by atoms with Gasteiger partial charge in [-0.1, -0.05) is 97.1 Å². The van der Waals surface area contributed by atoms with Crippen molar-refractivity contribution < 1.29 is 0 Å². The van der Waals surface area contributed by atoms with Crippen molar-refractivity contribution in [3.05, 3.63) is 115 Å². The number of nitrogens with zero attached hydrogens (tertiary/aromatic N) is 5. The van der Waals surface area contributed by atoms with Gasteiger partial charge in [-0.05, 0) is 18.2 Å². The number of aromatic nitrogens is 5. The summed E-state index contributed by atoms with van der Waals surface area (Å²) in [5, 5.41) is 2.16. The van der Waals surface area contributed by atoms with Crippen LogP contribution < -0.4 is 0 Å². The van der Waals surface area contributed by atoms with E-state index in [1.165, 1.54) is 4.70 Å². The molecule has 0 saturated heterocycles. The first-order valence-corrected chi connectivity index (χ1v) is 13.2. The predicted octanol–water partition coefficient (Wildman–Crippen LogP) is 8.07. The maximum atomic E-state index is 5.17. The molecule has 5 nitrogen and oxygen atoms in total. The van der Waals surface area contributed by atoms with E-state index in [0.29, 0.717) is 5.95 Å². The summed E-state index contributed by atoms with van der Waals surface area (Å²) in [6.45, 7) is 0. The van der Waals surface area contributed by atoms with E-state index in [9.17, 15) is 0 Å². The highest BCUT2D eigenvalue weighted by molar-refractivity contribution is 7.25. The summed E-state index contributed by atoms with van der Waals surface area (Å²) in [6, 6.07) is 39.1. The van der Waals surface area contributed by atoms with Crippen molar-refractivity contribution in [2.45, 2.75) is 0 Å². The molecule has 38 heavy (non-hydrogen) atoms. The van der Waals surface area contributed by atoms with E-state index in [-0.39, 0.29) is 0 Å². The van der Waals surface area contributed by atoms with Gasteiger partial charge in [0.05, 0.1) is 16.9 Å². The van der Waals surface area contributed by atoms with Gasteiger partial charge in [-0.2, -0.15) is 0 Å². The molecule has 0 aliphatic carbocycles. The van der Waals surface area contributed by atoms with E-state index in [0.717, 1.165) is 60.3 Å². The molecule has 8 rings (SSSR count). The number of rotatable bonds is 3. The Balaban J connectivity index is 1.48. The largest absolute Gasteiger partial charge is 0.260 e. The van der Waals surface area contributed by atoms with E-state index in [4.69, 9.17) is 19.9 Å². The van der Waals surface area contributed by atoms with Crippen LogP contribution in [0.25, 0.3) is 71.0 Å². The number of para-hydroxylation sites is 1. The van der Waals surface area contributed by atoms with E-state index in [2.05, 4.69) is 71.3 Å². The maximum absolute atomic E-state index is 5.17. The van der Waals surface area contributed by atoms with E-state index < -0.39 is 0 Å². The summed E-state index contributed by atoms with van der Waals surface area (Å²) in [7, 11) is 0. The maximum Gasteiger partial charge on any atom is 0.237 e. The van der Waals surface area contributed by atoms with Crippen LogP contribution in [0.2, 0.25) is 0 Å². The monoisotopic (exact) mass is 505 g/mol. The topological polar surface area (TPSA) is 56.5 Å². The second-order valence-corrected chi connectivity index (χ2v) is 10.2. The number of fused-ring (bicyclic) bond motifs is 6. The molecule has 8 aromatic rings. The summed E-state index contributed by atoms with van der Waals surface area (Å²) >= 11 is 1.66. The highest BCUT2D eigenvalue weighted by Crippen LogP contribution is 2.36. The summed E-state index contributed by atoms with van der Waals surface area (Å²) in [6.07, 6.45) is 0. The average Bonchev–Trinajstić information content (AvgIpc) is 3.51. The third kappa shape index (κ3) is 3.24. The van der Waals surface area contributed by atoms with Gasteiger partial charge in [0.1, 0.15) is 15.9 Å². The van der Waals surface area contributed by atoms with Gasteiger partial charge in [-0.3, -0.25) is 4.57 Å². The third-order valence-electron chi connectivity index (χ3n) is 6.86. The first-order chi connectivity index (χ1) is 18.8. The molecule has 0 saturated carbocycles. The summed E-state index contributed by atoms with van der Waals surface area (Å²) in [5.41, 5.74) is 7.31. The highest BCUT2D eigenvalue weighted by atomic mass is 32.1. The fourth-order valence-electron chi connectivity index (χ4n) is 5.08. The molecule has 0 unspecified atom stereocenters. The number of thiophene rings is 1. The quantitative estimate of drug-likeness (QED) is 0.244. The normalized spacial score (nSPS) is 11.7. The highest BCUT2D eigenvalue weighted by Gasteiger charge is 2.20. The molecule has 4 heterocycles. The molecule has 0 aliphatic rings. The van der Waals surface area contributed by atoms with Crippen LogP contribution in [0.4, 0.5) is 0 Å². The van der Waals surface area contributed by atoms with Crippen LogP contribution in [0.3, 0.4) is 0 Å². The van der Waals surface area contributed by atoms with Crippen LogP contribution in [-0.4, -0.2) is 24.5 Å². The third-order valence-corrected chi connectivity index (χ3v) is 7.91. The zero-order chi connectivity index (χ0) is 25.1. The van der Waals surface area contributed by atoms with Crippen LogP contribution in [-0.2, 0) is 0 Å². The van der Waals surface area contributed by atoms with Gasteiger partial charge in [-0.25, -0.2) is 19.9 Å². The second-order valence-electron chi connectivity index (χ2n) is 9.17. The Labute approximate surface area is 221 Å². The lowest BCUT2D eigenvalue weighted by atomic mass is 10.1. The van der Waals surface area contributed by atoms with E-state index in [1.54, 1.807) is 11.3 Å². The standard InChI is InChI=1S/C32H19N5S/c1-3-11-20(12-4-1)24-19-25(21-13-5-2-6-14-21)34-32(33-24)37-26-17-9-7-15-22(26)28-30(37)36-31-29(35-28)23-16-8-10-18-27(23)38-31/h1-19H. The fourth-order valence-corrected chi connectivity index (χ4v) is 6.10. The van der Waals surface area contributed by atoms with Gasteiger partial charge in [0.15, 0.2) is 5.65 Å². The van der Waals surface area contributed by atoms with Gasteiger partial charge >= 0.3 is 0 Å². The van der Waals surface area contributed by atoms with Gasteiger partial charge < -0.3 is 0 Å². The Morgan fingerprint density at radius 2 is 1.13 bits per heavy atom. The van der Waals surface area contributed by atoms with Crippen molar-refractivity contribution in [3.63, 3.8) is 0 Å². The number of hydrogen-bond acceptors (Lipinski definition) is 5. The van der Waals surface area contributed by atoms with Crippen LogP contribution in [0.1, 0.15) is 0 Å².